The average Bonchev–Trinajstić information content (AvgIpc) is 3.50. The first-order chi connectivity index (χ1) is 21.5. The molecule has 7 heteroatoms. The lowest BCUT2D eigenvalue weighted by Crippen LogP contribution is -2.63. The van der Waals surface area contributed by atoms with E-state index in [1.165, 1.54) is 5.56 Å². The van der Waals surface area contributed by atoms with Crippen molar-refractivity contribution in [1.29, 1.82) is 0 Å². The number of carbonyl (C=O) groups is 2. The molecule has 0 radical (unpaired) electrons. The van der Waals surface area contributed by atoms with Gasteiger partial charge < -0.3 is 25.0 Å². The molecule has 3 saturated carbocycles. The molecule has 4 aliphatic carbocycles. The predicted molar refractivity (Wildman–Crippen MR) is 178 cm³/mol. The second-order valence-corrected chi connectivity index (χ2v) is 14.8. The van der Waals surface area contributed by atoms with Crippen LogP contribution in [0.3, 0.4) is 0 Å². The Labute approximate surface area is 273 Å². The summed E-state index contributed by atoms with van der Waals surface area (Å²) in [5.41, 5.74) is 2.94. The Morgan fingerprint density at radius 2 is 1.87 bits per heavy atom. The van der Waals surface area contributed by atoms with Gasteiger partial charge in [0.25, 0.3) is 0 Å². The van der Waals surface area contributed by atoms with Crippen LogP contribution in [0.4, 0.5) is 5.69 Å². The lowest BCUT2D eigenvalue weighted by atomic mass is 9.46. The number of allylic oxidation sites excluding steroid dienone is 4. The zero-order valence-corrected chi connectivity index (χ0v) is 26.7. The van der Waals surface area contributed by atoms with Gasteiger partial charge in [0.05, 0.1) is 12.2 Å². The van der Waals surface area contributed by atoms with Crippen LogP contribution in [0.1, 0.15) is 83.8 Å². The van der Waals surface area contributed by atoms with Gasteiger partial charge in [-0.15, -0.1) is 0 Å². The van der Waals surface area contributed by atoms with Gasteiger partial charge in [-0.05, 0) is 93.2 Å². The van der Waals surface area contributed by atoms with Crippen molar-refractivity contribution in [2.75, 3.05) is 11.9 Å². The van der Waals surface area contributed by atoms with Crippen LogP contribution in [0.5, 0.6) is 0 Å². The number of anilines is 1. The van der Waals surface area contributed by atoms with Crippen LogP contribution < -0.4 is 5.32 Å². The summed E-state index contributed by atoms with van der Waals surface area (Å²) in [5.74, 6) is -0.229. The Morgan fingerprint density at radius 3 is 2.59 bits per heavy atom. The van der Waals surface area contributed by atoms with Crippen LogP contribution in [-0.4, -0.2) is 52.2 Å². The number of aliphatic hydroxyl groups is 2. The fourth-order valence-corrected chi connectivity index (χ4v) is 9.97. The molecular weight excluding hydrogens is 578 g/mol. The summed E-state index contributed by atoms with van der Waals surface area (Å²) >= 11 is 0. The van der Waals surface area contributed by atoms with Crippen molar-refractivity contribution in [3.05, 3.63) is 89.0 Å². The number of ketones is 2. The van der Waals surface area contributed by atoms with Crippen molar-refractivity contribution in [3.8, 4) is 0 Å². The van der Waals surface area contributed by atoms with Gasteiger partial charge in [0.1, 0.15) is 6.61 Å². The zero-order valence-electron chi connectivity index (χ0n) is 26.7. The molecule has 4 fully saturated rings. The summed E-state index contributed by atoms with van der Waals surface area (Å²) in [7, 11) is 0. The number of carbonyl (C=O) groups excluding carboxylic acids is 2. The molecule has 2 aromatic carbocycles. The highest BCUT2D eigenvalue weighted by atomic mass is 16.7. The summed E-state index contributed by atoms with van der Waals surface area (Å²) in [6.45, 7) is 7.81. The lowest BCUT2D eigenvalue weighted by Gasteiger charge is -2.59. The highest BCUT2D eigenvalue weighted by molar-refractivity contribution is 6.01. The summed E-state index contributed by atoms with van der Waals surface area (Å²) in [6.07, 6.45) is 6.82. The molecule has 1 saturated heterocycles. The van der Waals surface area contributed by atoms with E-state index in [0.717, 1.165) is 41.6 Å². The maximum atomic E-state index is 13.8. The van der Waals surface area contributed by atoms with Crippen molar-refractivity contribution >= 4 is 17.3 Å². The fraction of sp³-hybridized carbons (Fsp3) is 0.538. The topological polar surface area (TPSA) is 105 Å². The average molecular weight is 628 g/mol. The predicted octanol–water partition coefficient (Wildman–Crippen LogP) is 6.34. The highest BCUT2D eigenvalue weighted by Crippen LogP contribution is 2.70. The molecule has 0 bridgehead atoms. The van der Waals surface area contributed by atoms with Gasteiger partial charge in [-0.2, -0.15) is 0 Å². The molecule has 0 aromatic heterocycles. The molecule has 7 rings (SSSR count). The van der Waals surface area contributed by atoms with Crippen LogP contribution in [-0.2, 0) is 25.5 Å². The molecule has 1 heterocycles. The third-order valence-corrected chi connectivity index (χ3v) is 11.8. The number of benzene rings is 2. The largest absolute Gasteiger partial charge is 0.393 e. The Morgan fingerprint density at radius 1 is 1.11 bits per heavy atom. The summed E-state index contributed by atoms with van der Waals surface area (Å²) in [4.78, 5) is 26.0. The number of hydrogen-bond donors (Lipinski definition) is 3. The van der Waals surface area contributed by atoms with Gasteiger partial charge in [0.2, 0.25) is 0 Å². The van der Waals surface area contributed by atoms with Crippen LogP contribution in [0.25, 0.3) is 0 Å². The molecule has 7 nitrogen and oxygen atoms in total. The molecule has 0 spiro atoms. The molecule has 246 valence electrons. The first-order valence-electron chi connectivity index (χ1n) is 16.5. The molecule has 0 unspecified atom stereocenters. The van der Waals surface area contributed by atoms with Crippen molar-refractivity contribution in [3.63, 3.8) is 0 Å². The second kappa shape index (κ2) is 11.9. The number of fused-ring (bicyclic) bond motifs is 7. The maximum absolute atomic E-state index is 13.8. The number of Topliss-reactive ketones (excluding diaryl/α,β-unsaturated/α-hetero) is 1. The molecule has 5 aliphatic rings. The first kappa shape index (κ1) is 32.8. The third kappa shape index (κ3) is 4.93. The minimum absolute atomic E-state index is 0. The van der Waals surface area contributed by atoms with E-state index in [9.17, 15) is 19.8 Å². The van der Waals surface area contributed by atoms with Crippen molar-refractivity contribution < 1.29 is 29.3 Å². The maximum Gasteiger partial charge on any atom is 0.193 e. The van der Waals surface area contributed by atoms with E-state index in [4.69, 9.17) is 9.47 Å². The first-order valence-corrected chi connectivity index (χ1v) is 16.5. The number of ether oxygens (including phenoxy) is 2. The molecule has 3 N–H and O–H groups in total. The van der Waals surface area contributed by atoms with E-state index in [2.05, 4.69) is 69.4 Å². The van der Waals surface area contributed by atoms with Crippen molar-refractivity contribution in [1.82, 2.24) is 0 Å². The van der Waals surface area contributed by atoms with E-state index < -0.39 is 41.5 Å². The van der Waals surface area contributed by atoms with Gasteiger partial charge >= 0.3 is 0 Å². The van der Waals surface area contributed by atoms with Gasteiger partial charge in [0.15, 0.2) is 23.5 Å². The molecule has 9 atom stereocenters. The number of nitrogens with one attached hydrogen (secondary N) is 1. The SMILES string of the molecule is C.CC(C)Nc1cccc(Cc2ccc([C@@H]3O[C@@H]4C[C@H]5[C@@H]6CCC7=CC(=O)C=C[C@]7(C)[C@H]6[C@@H](O)C[C@]5(C)[C@]4(C(=O)CO)O3)cc2)c1. The minimum atomic E-state index is -1.35. The van der Waals surface area contributed by atoms with E-state index in [0.29, 0.717) is 18.9 Å². The molecular formula is C39H49NO6. The minimum Gasteiger partial charge on any atom is -0.393 e. The van der Waals surface area contributed by atoms with Crippen molar-refractivity contribution in [2.45, 2.75) is 97.4 Å². The lowest BCUT2D eigenvalue weighted by molar-refractivity contribution is -0.201. The van der Waals surface area contributed by atoms with Gasteiger partial charge in [0, 0.05) is 34.0 Å². The normalized spacial score (nSPS) is 37.5. The molecule has 0 amide bonds. The summed E-state index contributed by atoms with van der Waals surface area (Å²) in [6, 6.07) is 17.0. The fourth-order valence-electron chi connectivity index (χ4n) is 9.97. The van der Waals surface area contributed by atoms with Crippen LogP contribution >= 0.6 is 0 Å². The van der Waals surface area contributed by atoms with Gasteiger partial charge in [-0.1, -0.05) is 69.3 Å². The quantitative estimate of drug-likeness (QED) is 0.329. The van der Waals surface area contributed by atoms with E-state index >= 15 is 0 Å². The van der Waals surface area contributed by atoms with Gasteiger partial charge in [-0.3, -0.25) is 9.59 Å². The van der Waals surface area contributed by atoms with Crippen molar-refractivity contribution in [2.24, 2.45) is 28.6 Å². The Kier molecular flexibility index (Phi) is 8.46. The highest BCUT2D eigenvalue weighted by Gasteiger charge is 2.75. The van der Waals surface area contributed by atoms with E-state index in [-0.39, 0.29) is 36.7 Å². The summed E-state index contributed by atoms with van der Waals surface area (Å²) in [5, 5.41) is 25.6. The van der Waals surface area contributed by atoms with Crippen LogP contribution in [0, 0.1) is 28.6 Å². The van der Waals surface area contributed by atoms with Gasteiger partial charge in [-0.25, -0.2) is 0 Å². The Bertz CT molecular complexity index is 1560. The van der Waals surface area contributed by atoms with E-state index in [1.54, 1.807) is 12.2 Å². The number of aliphatic hydroxyl groups excluding tert-OH is 2. The number of rotatable bonds is 7. The summed E-state index contributed by atoms with van der Waals surface area (Å²) < 4.78 is 13.4. The molecule has 2 aromatic rings. The molecule has 1 aliphatic heterocycles. The Hall–Kier alpha value is -3.10. The molecule has 46 heavy (non-hydrogen) atoms. The van der Waals surface area contributed by atoms with Crippen LogP contribution in [0.2, 0.25) is 0 Å². The zero-order chi connectivity index (χ0) is 31.7. The van der Waals surface area contributed by atoms with E-state index in [1.807, 2.05) is 18.2 Å². The monoisotopic (exact) mass is 627 g/mol. The third-order valence-electron chi connectivity index (χ3n) is 11.8. The smallest absolute Gasteiger partial charge is 0.193 e. The Balaban J connectivity index is 0.00000372. The second-order valence-electron chi connectivity index (χ2n) is 14.8. The number of hydrogen-bond acceptors (Lipinski definition) is 7. The standard InChI is InChI=1S/C38H45NO6.CH4/c1-22(2)39-27-7-5-6-24(17-27)16-23-8-10-25(11-9-23)35-44-33-19-30-29-13-12-26-18-28(41)14-15-36(26,3)34(29)31(42)20-37(30,4)38(33,45-35)32(43)21-40;/h5-11,14-15,17-18,22,29-31,33-35,39-40,42H,12-13,16,19-21H2,1-4H3;1H4/t29-,30-,31-,33+,34+,35+,36-,37-,38+;/m0./s1. The van der Waals surface area contributed by atoms with Crippen LogP contribution in [0.15, 0.2) is 72.3 Å².